The van der Waals surface area contributed by atoms with E-state index in [-0.39, 0.29) is 11.9 Å². The van der Waals surface area contributed by atoms with Crippen LogP contribution in [0.1, 0.15) is 30.5 Å². The average molecular weight is 375 g/mol. The largest absolute Gasteiger partial charge is 0.416 e. The molecular formula is C20H20F3N3O. The van der Waals surface area contributed by atoms with Crippen LogP contribution >= 0.6 is 0 Å². The van der Waals surface area contributed by atoms with Crippen molar-refractivity contribution in [1.82, 2.24) is 14.9 Å². The van der Waals surface area contributed by atoms with E-state index in [1.165, 1.54) is 12.1 Å². The van der Waals surface area contributed by atoms with Gasteiger partial charge in [0.25, 0.3) is 0 Å². The van der Waals surface area contributed by atoms with Gasteiger partial charge in [-0.2, -0.15) is 13.2 Å². The van der Waals surface area contributed by atoms with Crippen LogP contribution in [0.4, 0.5) is 13.2 Å². The number of hydrogen-bond donors (Lipinski definition) is 1. The van der Waals surface area contributed by atoms with Crippen molar-refractivity contribution in [3.05, 3.63) is 66.0 Å². The molecule has 1 aromatic heterocycles. The Morgan fingerprint density at radius 2 is 1.85 bits per heavy atom. The first-order chi connectivity index (χ1) is 12.8. The zero-order chi connectivity index (χ0) is 19.4. The molecule has 27 heavy (non-hydrogen) atoms. The van der Waals surface area contributed by atoms with Crippen molar-refractivity contribution in [2.75, 3.05) is 6.54 Å². The zero-order valence-electron chi connectivity index (χ0n) is 14.8. The lowest BCUT2D eigenvalue weighted by Crippen LogP contribution is -2.27. The Morgan fingerprint density at radius 3 is 2.56 bits per heavy atom. The molecule has 0 aliphatic heterocycles. The number of amides is 1. The molecule has 0 aliphatic rings. The number of nitrogens with zero attached hydrogens (tertiary/aromatic N) is 2. The van der Waals surface area contributed by atoms with Gasteiger partial charge in [0.15, 0.2) is 0 Å². The Labute approximate surface area is 155 Å². The van der Waals surface area contributed by atoms with Crippen LogP contribution in [-0.4, -0.2) is 22.0 Å². The van der Waals surface area contributed by atoms with Crippen molar-refractivity contribution in [3.63, 3.8) is 0 Å². The summed E-state index contributed by atoms with van der Waals surface area (Å²) in [5, 5.41) is 2.82. The van der Waals surface area contributed by atoms with E-state index in [9.17, 15) is 18.0 Å². The third-order valence-electron chi connectivity index (χ3n) is 4.45. The van der Waals surface area contributed by atoms with Crippen LogP contribution in [0.5, 0.6) is 0 Å². The van der Waals surface area contributed by atoms with Gasteiger partial charge in [-0.1, -0.05) is 24.3 Å². The van der Waals surface area contributed by atoms with Gasteiger partial charge >= 0.3 is 6.18 Å². The molecule has 1 heterocycles. The van der Waals surface area contributed by atoms with Crippen LogP contribution in [0.2, 0.25) is 0 Å². The number of nitrogens with one attached hydrogen (secondary N) is 1. The lowest BCUT2D eigenvalue weighted by atomic mass is 10.1. The number of para-hydroxylation sites is 2. The highest BCUT2D eigenvalue weighted by Gasteiger charge is 2.29. The van der Waals surface area contributed by atoms with Gasteiger partial charge < -0.3 is 9.88 Å². The standard InChI is InChI=1S/C20H20F3N3O/c1-14(26-13-25-17-4-2-3-5-18(17)26)12-19(27)24-11-10-15-6-8-16(9-7-15)20(21,22)23/h2-9,13-14H,10-12H2,1H3,(H,24,27). The number of benzene rings is 2. The number of alkyl halides is 3. The molecule has 1 atom stereocenters. The molecule has 1 unspecified atom stereocenters. The van der Waals surface area contributed by atoms with Crippen LogP contribution in [0.25, 0.3) is 11.0 Å². The molecule has 1 N–H and O–H groups in total. The number of aromatic nitrogens is 2. The van der Waals surface area contributed by atoms with Crippen LogP contribution in [0, 0.1) is 0 Å². The van der Waals surface area contributed by atoms with E-state index in [0.29, 0.717) is 19.4 Å². The summed E-state index contributed by atoms with van der Waals surface area (Å²) in [4.78, 5) is 16.5. The van der Waals surface area contributed by atoms with Gasteiger partial charge in [0.2, 0.25) is 5.91 Å². The third kappa shape index (κ3) is 4.67. The van der Waals surface area contributed by atoms with Gasteiger partial charge in [-0.3, -0.25) is 4.79 Å². The Hall–Kier alpha value is -2.83. The molecular weight excluding hydrogens is 355 g/mol. The number of rotatable bonds is 6. The molecule has 0 saturated heterocycles. The molecule has 3 aromatic rings. The molecule has 7 heteroatoms. The quantitative estimate of drug-likeness (QED) is 0.696. The fraction of sp³-hybridized carbons (Fsp3) is 0.300. The fourth-order valence-corrected chi connectivity index (χ4v) is 2.97. The van der Waals surface area contributed by atoms with Crippen LogP contribution in [-0.2, 0) is 17.4 Å². The second-order valence-corrected chi connectivity index (χ2v) is 6.49. The number of imidazole rings is 1. The normalized spacial score (nSPS) is 12.9. The van der Waals surface area contributed by atoms with Crippen molar-refractivity contribution in [3.8, 4) is 0 Å². The van der Waals surface area contributed by atoms with Crippen LogP contribution < -0.4 is 5.32 Å². The average Bonchev–Trinajstić information content (AvgIpc) is 3.05. The summed E-state index contributed by atoms with van der Waals surface area (Å²) in [6.07, 6.45) is -1.83. The Bertz CT molecular complexity index is 916. The predicted molar refractivity (Wildman–Crippen MR) is 97.2 cm³/mol. The van der Waals surface area contributed by atoms with Crippen molar-refractivity contribution in [2.45, 2.75) is 32.0 Å². The van der Waals surface area contributed by atoms with Gasteiger partial charge in [-0.05, 0) is 43.2 Å². The molecule has 0 fully saturated rings. The number of carbonyl (C=O) groups is 1. The van der Waals surface area contributed by atoms with Crippen molar-refractivity contribution in [1.29, 1.82) is 0 Å². The van der Waals surface area contributed by atoms with Gasteiger partial charge in [0.1, 0.15) is 0 Å². The smallest absolute Gasteiger partial charge is 0.356 e. The monoisotopic (exact) mass is 375 g/mol. The number of hydrogen-bond acceptors (Lipinski definition) is 2. The molecule has 1 amide bonds. The minimum Gasteiger partial charge on any atom is -0.356 e. The molecule has 0 spiro atoms. The molecule has 2 aromatic carbocycles. The number of carbonyl (C=O) groups excluding carboxylic acids is 1. The zero-order valence-corrected chi connectivity index (χ0v) is 14.8. The Balaban J connectivity index is 1.49. The lowest BCUT2D eigenvalue weighted by molar-refractivity contribution is -0.137. The van der Waals surface area contributed by atoms with E-state index in [1.807, 2.05) is 35.8 Å². The maximum Gasteiger partial charge on any atom is 0.416 e. The van der Waals surface area contributed by atoms with E-state index in [1.54, 1.807) is 6.33 Å². The van der Waals surface area contributed by atoms with Crippen LogP contribution in [0.3, 0.4) is 0 Å². The van der Waals surface area contributed by atoms with E-state index >= 15 is 0 Å². The summed E-state index contributed by atoms with van der Waals surface area (Å²) in [7, 11) is 0. The second kappa shape index (κ2) is 7.82. The van der Waals surface area contributed by atoms with Gasteiger partial charge in [-0.25, -0.2) is 4.98 Å². The lowest BCUT2D eigenvalue weighted by Gasteiger charge is -2.14. The molecule has 142 valence electrons. The van der Waals surface area contributed by atoms with Crippen molar-refractivity contribution in [2.24, 2.45) is 0 Å². The summed E-state index contributed by atoms with van der Waals surface area (Å²) in [5.74, 6) is -0.104. The SMILES string of the molecule is CC(CC(=O)NCCc1ccc(C(F)(F)F)cc1)n1cnc2ccccc21. The summed E-state index contributed by atoms with van der Waals surface area (Å²) in [6.45, 7) is 2.32. The van der Waals surface area contributed by atoms with Gasteiger partial charge in [0, 0.05) is 19.0 Å². The summed E-state index contributed by atoms with van der Waals surface area (Å²) >= 11 is 0. The van der Waals surface area contributed by atoms with Gasteiger partial charge in [-0.15, -0.1) is 0 Å². The predicted octanol–water partition coefficient (Wildman–Crippen LogP) is 4.37. The van der Waals surface area contributed by atoms with Crippen LogP contribution in [0.15, 0.2) is 54.9 Å². The maximum absolute atomic E-state index is 12.5. The molecule has 0 bridgehead atoms. The first-order valence-corrected chi connectivity index (χ1v) is 8.69. The fourth-order valence-electron chi connectivity index (χ4n) is 2.97. The minimum atomic E-state index is -4.33. The van der Waals surface area contributed by atoms with Crippen molar-refractivity contribution >= 4 is 16.9 Å². The summed E-state index contributed by atoms with van der Waals surface area (Å²) < 4.78 is 39.6. The van der Waals surface area contributed by atoms with Crippen molar-refractivity contribution < 1.29 is 18.0 Å². The summed E-state index contributed by atoms with van der Waals surface area (Å²) in [6, 6.07) is 12.7. The van der Waals surface area contributed by atoms with Gasteiger partial charge in [0.05, 0.1) is 22.9 Å². The molecule has 4 nitrogen and oxygen atoms in total. The van der Waals surface area contributed by atoms with E-state index < -0.39 is 11.7 Å². The number of halogens is 3. The highest BCUT2D eigenvalue weighted by Crippen LogP contribution is 2.29. The summed E-state index contributed by atoms with van der Waals surface area (Å²) in [5.41, 5.74) is 1.93. The highest BCUT2D eigenvalue weighted by molar-refractivity contribution is 5.78. The first kappa shape index (κ1) is 18.9. The topological polar surface area (TPSA) is 46.9 Å². The van der Waals surface area contributed by atoms with E-state index in [0.717, 1.165) is 28.7 Å². The second-order valence-electron chi connectivity index (χ2n) is 6.49. The first-order valence-electron chi connectivity index (χ1n) is 8.69. The molecule has 3 rings (SSSR count). The minimum absolute atomic E-state index is 0.0523. The third-order valence-corrected chi connectivity index (χ3v) is 4.45. The molecule has 0 aliphatic carbocycles. The maximum atomic E-state index is 12.5. The Morgan fingerprint density at radius 1 is 1.15 bits per heavy atom. The Kier molecular flexibility index (Phi) is 5.48. The molecule has 0 saturated carbocycles. The number of fused-ring (bicyclic) bond motifs is 1. The molecule has 0 radical (unpaired) electrons. The highest BCUT2D eigenvalue weighted by atomic mass is 19.4. The van der Waals surface area contributed by atoms with E-state index in [4.69, 9.17) is 0 Å². The van der Waals surface area contributed by atoms with E-state index in [2.05, 4.69) is 10.3 Å².